The summed E-state index contributed by atoms with van der Waals surface area (Å²) in [6.07, 6.45) is -3.58. The van der Waals surface area contributed by atoms with E-state index in [1.807, 2.05) is 0 Å². The maximum Gasteiger partial charge on any atom is 0.417 e. The average Bonchev–Trinajstić information content (AvgIpc) is 2.75. The van der Waals surface area contributed by atoms with Crippen LogP contribution < -0.4 is 15.5 Å². The van der Waals surface area contributed by atoms with Crippen molar-refractivity contribution in [3.8, 4) is 5.88 Å². The molecule has 0 aliphatic rings. The van der Waals surface area contributed by atoms with Crippen LogP contribution in [0.25, 0.3) is 5.65 Å². The van der Waals surface area contributed by atoms with Gasteiger partial charge in [-0.05, 0) is 19.1 Å². The molecule has 0 bridgehead atoms. The first-order chi connectivity index (χ1) is 9.47. The number of nitrogens with two attached hydrogens (primary N) is 1. The van der Waals surface area contributed by atoms with Gasteiger partial charge in [0.15, 0.2) is 0 Å². The Hall–Kier alpha value is -1.65. The highest BCUT2D eigenvalue weighted by atomic mass is 32.2. The predicted octanol–water partition coefficient (Wildman–Crippen LogP) is 2.62. The van der Waals surface area contributed by atoms with E-state index >= 15 is 0 Å². The number of aromatic nitrogens is 2. The molecular weight excluding hydrogens is 297 g/mol. The Morgan fingerprint density at radius 2 is 2.20 bits per heavy atom. The quantitative estimate of drug-likeness (QED) is 0.383. The van der Waals surface area contributed by atoms with E-state index in [2.05, 4.69) is 10.4 Å². The number of nitrogens with zero attached hydrogens (tertiary/aromatic N) is 2. The van der Waals surface area contributed by atoms with Crippen LogP contribution in [0.2, 0.25) is 0 Å². The fraction of sp³-hybridized carbons (Fsp3) is 0.300. The molecule has 0 amide bonds. The molecule has 10 heteroatoms. The highest BCUT2D eigenvalue weighted by molar-refractivity contribution is 7.90. The van der Waals surface area contributed by atoms with Crippen LogP contribution >= 0.6 is 12.3 Å². The third-order valence-corrected chi connectivity index (χ3v) is 2.88. The summed E-state index contributed by atoms with van der Waals surface area (Å²) in [6.45, 7) is 2.12. The molecule has 0 saturated heterocycles. The van der Waals surface area contributed by atoms with Crippen LogP contribution in [0, 0.1) is 0 Å². The third kappa shape index (κ3) is 2.92. The van der Waals surface area contributed by atoms with Crippen molar-refractivity contribution >= 4 is 23.8 Å². The summed E-state index contributed by atoms with van der Waals surface area (Å²) >= 11 is 0.631. The van der Waals surface area contributed by atoms with Gasteiger partial charge in [-0.25, -0.2) is 10.8 Å². The summed E-state index contributed by atoms with van der Waals surface area (Å²) in [6, 6.07) is 2.16. The van der Waals surface area contributed by atoms with Gasteiger partial charge in [-0.3, -0.25) is 8.58 Å². The number of nitrogens with one attached hydrogen (secondary N) is 1. The van der Waals surface area contributed by atoms with Gasteiger partial charge in [0.1, 0.15) is 5.65 Å². The van der Waals surface area contributed by atoms with Crippen LogP contribution in [0.15, 0.2) is 18.3 Å². The van der Waals surface area contributed by atoms with Gasteiger partial charge in [0.2, 0.25) is 18.1 Å². The first-order valence-corrected chi connectivity index (χ1v) is 6.16. The lowest BCUT2D eigenvalue weighted by Gasteiger charge is -2.08. The Kier molecular flexibility index (Phi) is 4.26. The number of rotatable bonds is 5. The Labute approximate surface area is 116 Å². The lowest BCUT2D eigenvalue weighted by Crippen LogP contribution is -2.08. The number of hydrogen-bond acceptors (Lipinski definition) is 6. The lowest BCUT2D eigenvalue weighted by molar-refractivity contribution is -0.137. The van der Waals surface area contributed by atoms with Crippen molar-refractivity contribution in [2.45, 2.75) is 13.1 Å². The minimum atomic E-state index is -4.46. The second kappa shape index (κ2) is 5.77. The number of halogens is 3. The highest BCUT2D eigenvalue weighted by Gasteiger charge is 2.31. The molecule has 3 N–H and O–H groups in total. The van der Waals surface area contributed by atoms with Crippen molar-refractivity contribution in [2.75, 3.05) is 12.0 Å². The zero-order chi connectivity index (χ0) is 14.8. The van der Waals surface area contributed by atoms with Crippen molar-refractivity contribution in [2.24, 2.45) is 5.84 Å². The van der Waals surface area contributed by atoms with E-state index in [4.69, 9.17) is 14.2 Å². The zero-order valence-corrected chi connectivity index (χ0v) is 11.1. The van der Waals surface area contributed by atoms with Crippen molar-refractivity contribution in [1.29, 1.82) is 0 Å². The molecule has 0 spiro atoms. The van der Waals surface area contributed by atoms with Crippen molar-refractivity contribution in [3.05, 3.63) is 23.9 Å². The van der Waals surface area contributed by atoms with Crippen LogP contribution in [-0.2, 0) is 10.4 Å². The SMILES string of the molecule is CCOSOc1c(NN)nc2ccc(C(F)(F)F)cn12. The maximum absolute atomic E-state index is 12.7. The average molecular weight is 308 g/mol. The minimum absolute atomic E-state index is 0.0204. The maximum atomic E-state index is 12.7. The topological polar surface area (TPSA) is 73.8 Å². The van der Waals surface area contributed by atoms with Gasteiger partial charge >= 0.3 is 6.18 Å². The van der Waals surface area contributed by atoms with Crippen LogP contribution in [0.5, 0.6) is 5.88 Å². The number of alkyl halides is 3. The van der Waals surface area contributed by atoms with Crippen molar-refractivity contribution in [3.63, 3.8) is 0 Å². The summed E-state index contributed by atoms with van der Waals surface area (Å²) < 4.78 is 49.3. The molecule has 0 aromatic carbocycles. The number of nitrogen functional groups attached to an aromatic ring is 1. The number of hydrazine groups is 1. The fourth-order valence-electron chi connectivity index (χ4n) is 1.47. The molecule has 2 aromatic heterocycles. The number of pyridine rings is 1. The van der Waals surface area contributed by atoms with Crippen molar-refractivity contribution in [1.82, 2.24) is 9.38 Å². The summed E-state index contributed by atoms with van der Waals surface area (Å²) in [5, 5.41) is 0. The van der Waals surface area contributed by atoms with Gasteiger partial charge < -0.3 is 9.61 Å². The molecule has 0 aliphatic heterocycles. The highest BCUT2D eigenvalue weighted by Crippen LogP contribution is 2.33. The molecule has 110 valence electrons. The van der Waals surface area contributed by atoms with E-state index in [0.29, 0.717) is 18.9 Å². The molecule has 0 atom stereocenters. The molecule has 6 nitrogen and oxygen atoms in total. The van der Waals surface area contributed by atoms with Gasteiger partial charge in [-0.1, -0.05) is 0 Å². The number of hydrogen-bond donors (Lipinski definition) is 2. The smallest absolute Gasteiger partial charge is 0.377 e. The Balaban J connectivity index is 2.45. The molecular formula is C10H11F3N4O2S. The van der Waals surface area contributed by atoms with Gasteiger partial charge in [-0.2, -0.15) is 13.2 Å². The van der Waals surface area contributed by atoms with Crippen molar-refractivity contribution < 1.29 is 21.5 Å². The summed E-state index contributed by atoms with van der Waals surface area (Å²) in [5.74, 6) is 5.39. The van der Waals surface area contributed by atoms with E-state index in [9.17, 15) is 13.2 Å². The molecule has 0 fully saturated rings. The standard InChI is InChI=1S/C10H11F3N4O2S/c1-2-18-20-19-9-8(16-14)15-7-4-3-6(5-17(7)9)10(11,12)13/h3-5,16H,2,14H2,1H3. The van der Waals surface area contributed by atoms with Crippen LogP contribution in [0.4, 0.5) is 19.0 Å². The van der Waals surface area contributed by atoms with E-state index in [1.54, 1.807) is 6.92 Å². The second-order valence-electron chi connectivity index (χ2n) is 3.61. The fourth-order valence-corrected chi connectivity index (χ4v) is 1.84. The van der Waals surface area contributed by atoms with Gasteiger partial charge in [0, 0.05) is 6.20 Å². The molecule has 0 saturated carbocycles. The normalized spacial score (nSPS) is 11.8. The molecule has 2 rings (SSSR count). The predicted molar refractivity (Wildman–Crippen MR) is 67.8 cm³/mol. The Morgan fingerprint density at radius 3 is 2.80 bits per heavy atom. The molecule has 0 radical (unpaired) electrons. The molecule has 2 heterocycles. The van der Waals surface area contributed by atoms with E-state index < -0.39 is 11.7 Å². The first-order valence-electron chi connectivity index (χ1n) is 5.49. The number of anilines is 1. The number of fused-ring (bicyclic) bond motifs is 1. The molecule has 0 unspecified atom stereocenters. The number of imidazole rings is 1. The zero-order valence-electron chi connectivity index (χ0n) is 10.3. The summed E-state index contributed by atoms with van der Waals surface area (Å²) in [7, 11) is 0. The molecule has 20 heavy (non-hydrogen) atoms. The van der Waals surface area contributed by atoms with E-state index in [1.165, 1.54) is 6.07 Å². The van der Waals surface area contributed by atoms with Crippen LogP contribution in [0.3, 0.4) is 0 Å². The summed E-state index contributed by atoms with van der Waals surface area (Å²) in [5.41, 5.74) is 1.70. The minimum Gasteiger partial charge on any atom is -0.377 e. The molecule has 0 aliphatic carbocycles. The van der Waals surface area contributed by atoms with Gasteiger partial charge in [0.05, 0.1) is 12.2 Å². The Morgan fingerprint density at radius 1 is 1.45 bits per heavy atom. The van der Waals surface area contributed by atoms with Crippen LogP contribution in [0.1, 0.15) is 12.5 Å². The van der Waals surface area contributed by atoms with E-state index in [0.717, 1.165) is 16.7 Å². The largest absolute Gasteiger partial charge is 0.417 e. The van der Waals surface area contributed by atoms with Gasteiger partial charge in [0.25, 0.3) is 5.88 Å². The lowest BCUT2D eigenvalue weighted by atomic mass is 10.3. The molecule has 2 aromatic rings. The third-order valence-electron chi connectivity index (χ3n) is 2.32. The second-order valence-corrected chi connectivity index (χ2v) is 4.15. The first kappa shape index (κ1) is 14.8. The Bertz CT molecular complexity index is 602. The summed E-state index contributed by atoms with van der Waals surface area (Å²) in [4.78, 5) is 4.00. The van der Waals surface area contributed by atoms with Gasteiger partial charge in [-0.15, -0.1) is 0 Å². The monoisotopic (exact) mass is 308 g/mol. The van der Waals surface area contributed by atoms with Crippen LogP contribution in [-0.4, -0.2) is 16.0 Å². The van der Waals surface area contributed by atoms with E-state index in [-0.39, 0.29) is 17.3 Å².